The maximum absolute atomic E-state index is 5.91. The van der Waals surface area contributed by atoms with Crippen molar-refractivity contribution in [3.63, 3.8) is 0 Å². The van der Waals surface area contributed by atoms with Gasteiger partial charge in [-0.2, -0.15) is 0 Å². The van der Waals surface area contributed by atoms with E-state index >= 15 is 0 Å². The lowest BCUT2D eigenvalue weighted by Gasteiger charge is -2.28. The summed E-state index contributed by atoms with van der Waals surface area (Å²) in [6, 6.07) is 18.2. The van der Waals surface area contributed by atoms with Crippen LogP contribution in [0.5, 0.6) is 5.75 Å². The average Bonchev–Trinajstić information content (AvgIpc) is 2.89. The van der Waals surface area contributed by atoms with E-state index in [4.69, 9.17) is 14.5 Å². The zero-order valence-corrected chi connectivity index (χ0v) is 20.1. The van der Waals surface area contributed by atoms with Crippen LogP contribution < -0.4 is 15.0 Å². The van der Waals surface area contributed by atoms with Crippen LogP contribution in [0, 0.1) is 0 Å². The normalized spacial score (nSPS) is 13.9. The third-order valence-corrected chi connectivity index (χ3v) is 5.93. The third kappa shape index (κ3) is 5.67. The molecule has 0 amide bonds. The summed E-state index contributed by atoms with van der Waals surface area (Å²) in [6.45, 7) is 4.84. The van der Waals surface area contributed by atoms with E-state index < -0.39 is 0 Å². The predicted molar refractivity (Wildman–Crippen MR) is 140 cm³/mol. The van der Waals surface area contributed by atoms with Gasteiger partial charge in [-0.1, -0.05) is 18.2 Å². The number of fused-ring (bicyclic) bond motifs is 1. The van der Waals surface area contributed by atoms with Gasteiger partial charge in [-0.05, 0) is 44.4 Å². The number of pyridine rings is 1. The number of morpholine rings is 1. The van der Waals surface area contributed by atoms with Crippen LogP contribution in [0.3, 0.4) is 0 Å². The molecule has 3 heterocycles. The van der Waals surface area contributed by atoms with E-state index in [1.54, 1.807) is 6.20 Å². The second kappa shape index (κ2) is 10.7. The van der Waals surface area contributed by atoms with Crippen molar-refractivity contribution in [2.45, 2.75) is 0 Å². The Morgan fingerprint density at radius 1 is 1.03 bits per heavy atom. The summed E-state index contributed by atoms with van der Waals surface area (Å²) in [5, 5.41) is 4.29. The van der Waals surface area contributed by atoms with Crippen molar-refractivity contribution in [2.75, 3.05) is 63.8 Å². The van der Waals surface area contributed by atoms with Crippen LogP contribution in [0.2, 0.25) is 0 Å². The fraction of sp³-hybridized carbons (Fsp3) is 0.296. The topological polar surface area (TPSA) is 75.6 Å². The van der Waals surface area contributed by atoms with Crippen molar-refractivity contribution >= 4 is 28.2 Å². The molecule has 180 valence electrons. The van der Waals surface area contributed by atoms with Crippen molar-refractivity contribution in [2.24, 2.45) is 0 Å². The van der Waals surface area contributed by atoms with E-state index in [9.17, 15) is 0 Å². The molecule has 0 saturated carbocycles. The van der Waals surface area contributed by atoms with Crippen LogP contribution in [0.15, 0.2) is 67.0 Å². The molecule has 2 aromatic carbocycles. The Hall–Kier alpha value is -3.75. The first-order valence-electron chi connectivity index (χ1n) is 11.9. The maximum Gasteiger partial charge on any atom is 0.227 e. The summed E-state index contributed by atoms with van der Waals surface area (Å²) >= 11 is 0. The van der Waals surface area contributed by atoms with E-state index in [1.807, 2.05) is 50.6 Å². The highest BCUT2D eigenvalue weighted by molar-refractivity contribution is 5.93. The largest absolute Gasteiger partial charge is 0.492 e. The van der Waals surface area contributed by atoms with Crippen molar-refractivity contribution < 1.29 is 9.47 Å². The van der Waals surface area contributed by atoms with Gasteiger partial charge < -0.3 is 24.6 Å². The summed E-state index contributed by atoms with van der Waals surface area (Å²) in [7, 11) is 4.06. The van der Waals surface area contributed by atoms with Gasteiger partial charge in [0.05, 0.1) is 24.4 Å². The predicted octanol–water partition coefficient (Wildman–Crippen LogP) is 4.21. The number of benzene rings is 2. The van der Waals surface area contributed by atoms with E-state index in [-0.39, 0.29) is 0 Å². The molecule has 35 heavy (non-hydrogen) atoms. The molecule has 5 rings (SSSR count). The lowest BCUT2D eigenvalue weighted by atomic mass is 10.1. The Labute approximate surface area is 205 Å². The average molecular weight is 471 g/mol. The van der Waals surface area contributed by atoms with E-state index in [1.165, 1.54) is 5.69 Å². The highest BCUT2D eigenvalue weighted by Crippen LogP contribution is 2.29. The van der Waals surface area contributed by atoms with Crippen LogP contribution in [-0.4, -0.2) is 73.4 Å². The van der Waals surface area contributed by atoms with Gasteiger partial charge in [0, 0.05) is 60.4 Å². The number of ether oxygens (including phenoxy) is 2. The second-order valence-corrected chi connectivity index (χ2v) is 8.74. The summed E-state index contributed by atoms with van der Waals surface area (Å²) in [4.78, 5) is 18.4. The van der Waals surface area contributed by atoms with E-state index in [2.05, 4.69) is 49.4 Å². The van der Waals surface area contributed by atoms with Gasteiger partial charge in [0.1, 0.15) is 12.4 Å². The Morgan fingerprint density at radius 2 is 1.86 bits per heavy atom. The maximum atomic E-state index is 5.91. The highest BCUT2D eigenvalue weighted by Gasteiger charge is 2.12. The highest BCUT2D eigenvalue weighted by atomic mass is 16.5. The summed E-state index contributed by atoms with van der Waals surface area (Å²) in [5.74, 6) is 1.34. The number of hydrogen-bond acceptors (Lipinski definition) is 8. The molecule has 0 aliphatic carbocycles. The van der Waals surface area contributed by atoms with Gasteiger partial charge >= 0.3 is 0 Å². The minimum Gasteiger partial charge on any atom is -0.492 e. The molecule has 0 radical (unpaired) electrons. The molecule has 2 aromatic heterocycles. The number of hydrogen-bond donors (Lipinski definition) is 1. The van der Waals surface area contributed by atoms with Crippen LogP contribution in [-0.2, 0) is 4.74 Å². The van der Waals surface area contributed by atoms with Crippen molar-refractivity contribution in [3.05, 3.63) is 67.0 Å². The van der Waals surface area contributed by atoms with Crippen LogP contribution in [0.1, 0.15) is 0 Å². The molecule has 1 saturated heterocycles. The smallest absolute Gasteiger partial charge is 0.227 e. The fourth-order valence-electron chi connectivity index (χ4n) is 4.02. The standard InChI is InChI=1S/C27H30N6O2/c1-32(2)12-17-35-23-10-11-28-25(18-23)24-5-3-4-20-19-29-27(31-26(20)24)30-21-6-8-22(9-7-21)33-13-15-34-16-14-33/h3-11,18-19H,12-17H2,1-2H3,(H,29,30,31). The Bertz CT molecular complexity index is 1270. The molecule has 0 spiro atoms. The Balaban J connectivity index is 1.37. The number of para-hydroxylation sites is 1. The zero-order chi connectivity index (χ0) is 24.0. The summed E-state index contributed by atoms with van der Waals surface area (Å²) in [5.41, 5.74) is 4.73. The molecule has 0 unspecified atom stereocenters. The van der Waals surface area contributed by atoms with Gasteiger partial charge in [0.25, 0.3) is 0 Å². The van der Waals surface area contributed by atoms with E-state index in [0.717, 1.165) is 66.4 Å². The second-order valence-electron chi connectivity index (χ2n) is 8.74. The van der Waals surface area contributed by atoms with Crippen molar-refractivity contribution in [1.82, 2.24) is 19.9 Å². The first-order chi connectivity index (χ1) is 17.2. The van der Waals surface area contributed by atoms with Crippen molar-refractivity contribution in [3.8, 4) is 17.0 Å². The van der Waals surface area contributed by atoms with E-state index in [0.29, 0.717) is 12.6 Å². The lowest BCUT2D eigenvalue weighted by molar-refractivity contribution is 0.122. The van der Waals surface area contributed by atoms with Crippen LogP contribution >= 0.6 is 0 Å². The van der Waals surface area contributed by atoms with Crippen molar-refractivity contribution in [1.29, 1.82) is 0 Å². The first-order valence-corrected chi connectivity index (χ1v) is 11.9. The molecule has 8 heteroatoms. The molecule has 1 N–H and O–H groups in total. The fourth-order valence-corrected chi connectivity index (χ4v) is 4.02. The molecule has 0 atom stereocenters. The number of likely N-dealkylation sites (N-methyl/N-ethyl adjacent to an activating group) is 1. The Morgan fingerprint density at radius 3 is 2.66 bits per heavy atom. The number of anilines is 3. The quantitative estimate of drug-likeness (QED) is 0.410. The molecule has 4 aromatic rings. The van der Waals surface area contributed by atoms with Gasteiger partial charge in [-0.3, -0.25) is 4.98 Å². The molecule has 1 aliphatic heterocycles. The SMILES string of the molecule is CN(C)CCOc1ccnc(-c2cccc3cnc(Nc4ccc(N5CCOCC5)cc4)nc23)c1. The number of rotatable bonds is 8. The number of aromatic nitrogens is 3. The monoisotopic (exact) mass is 470 g/mol. The zero-order valence-electron chi connectivity index (χ0n) is 20.1. The summed E-state index contributed by atoms with van der Waals surface area (Å²) in [6.07, 6.45) is 3.61. The molecular formula is C27H30N6O2. The number of nitrogens with zero attached hydrogens (tertiary/aromatic N) is 5. The molecule has 0 bridgehead atoms. The van der Waals surface area contributed by atoms with Gasteiger partial charge in [0.15, 0.2) is 0 Å². The Kier molecular flexibility index (Phi) is 7.02. The molecular weight excluding hydrogens is 440 g/mol. The van der Waals surface area contributed by atoms with Crippen LogP contribution in [0.25, 0.3) is 22.2 Å². The molecule has 1 fully saturated rings. The van der Waals surface area contributed by atoms with Gasteiger partial charge in [-0.15, -0.1) is 0 Å². The van der Waals surface area contributed by atoms with Crippen LogP contribution in [0.4, 0.5) is 17.3 Å². The minimum atomic E-state index is 0.544. The first kappa shape index (κ1) is 23.0. The third-order valence-electron chi connectivity index (χ3n) is 5.93. The lowest BCUT2D eigenvalue weighted by Crippen LogP contribution is -2.36. The number of nitrogens with one attached hydrogen (secondary N) is 1. The van der Waals surface area contributed by atoms with Gasteiger partial charge in [0.2, 0.25) is 5.95 Å². The minimum absolute atomic E-state index is 0.544. The van der Waals surface area contributed by atoms with Gasteiger partial charge in [-0.25, -0.2) is 9.97 Å². The molecule has 8 nitrogen and oxygen atoms in total. The molecule has 1 aliphatic rings. The summed E-state index contributed by atoms with van der Waals surface area (Å²) < 4.78 is 11.4.